The molecule has 0 aliphatic carbocycles. The summed E-state index contributed by atoms with van der Waals surface area (Å²) in [6.07, 6.45) is 1.15. The first-order valence-electron chi connectivity index (χ1n) is 9.48. The van der Waals surface area contributed by atoms with Gasteiger partial charge in [-0.3, -0.25) is 14.7 Å². The average Bonchev–Trinajstić information content (AvgIpc) is 3.19. The van der Waals surface area contributed by atoms with Gasteiger partial charge in [0, 0.05) is 62.9 Å². The summed E-state index contributed by atoms with van der Waals surface area (Å²) < 4.78 is 5.44. The molecule has 28 heavy (non-hydrogen) atoms. The average molecular weight is 522 g/mol. The van der Waals surface area contributed by atoms with E-state index in [1.165, 1.54) is 0 Å². The summed E-state index contributed by atoms with van der Waals surface area (Å²) in [5, 5.41) is 6.88. The quantitative estimate of drug-likeness (QED) is 0.267. The maximum Gasteiger partial charge on any atom is 0.251 e. The lowest BCUT2D eigenvalue weighted by Gasteiger charge is -2.32. The largest absolute Gasteiger partial charge is 0.379 e. The zero-order valence-corrected chi connectivity index (χ0v) is 19.3. The van der Waals surface area contributed by atoms with E-state index >= 15 is 0 Å². The van der Waals surface area contributed by atoms with Crippen LogP contribution in [0.5, 0.6) is 0 Å². The maximum atomic E-state index is 12.1. The van der Waals surface area contributed by atoms with Crippen LogP contribution in [-0.4, -0.2) is 87.2 Å². The smallest absolute Gasteiger partial charge is 0.251 e. The summed E-state index contributed by atoms with van der Waals surface area (Å²) >= 11 is 5.85. The molecular weight excluding hydrogens is 493 g/mol. The molecule has 3 rings (SSSR count). The van der Waals surface area contributed by atoms with Crippen LogP contribution in [0.1, 0.15) is 16.8 Å². The Morgan fingerprint density at radius 3 is 2.54 bits per heavy atom. The second-order valence-corrected chi connectivity index (χ2v) is 7.21. The van der Waals surface area contributed by atoms with Crippen molar-refractivity contribution in [3.63, 3.8) is 0 Å². The van der Waals surface area contributed by atoms with Crippen molar-refractivity contribution < 1.29 is 9.53 Å². The van der Waals surface area contributed by atoms with Gasteiger partial charge in [0.1, 0.15) is 0 Å². The molecular formula is C19H29ClIN5O2. The van der Waals surface area contributed by atoms with Crippen LogP contribution < -0.4 is 10.6 Å². The Bertz CT molecular complexity index is 652. The molecule has 7 nitrogen and oxygen atoms in total. The molecule has 1 unspecified atom stereocenters. The zero-order chi connectivity index (χ0) is 19.1. The van der Waals surface area contributed by atoms with Crippen LogP contribution in [-0.2, 0) is 4.74 Å². The molecule has 1 aromatic carbocycles. The zero-order valence-electron chi connectivity index (χ0n) is 16.2. The van der Waals surface area contributed by atoms with Crippen molar-refractivity contribution in [2.45, 2.75) is 12.5 Å². The van der Waals surface area contributed by atoms with Crippen LogP contribution >= 0.6 is 35.6 Å². The number of benzene rings is 1. The standard InChI is InChI=1S/C19H28ClN5O2.HI/c1-21-19(25-9-6-17(14-25)24-10-12-27-13-11-24)23-8-7-22-18(26)15-2-4-16(20)5-3-15;/h2-5,17H,6-14H2,1H3,(H,21,23)(H,22,26);1H. The highest BCUT2D eigenvalue weighted by molar-refractivity contribution is 14.0. The molecule has 0 radical (unpaired) electrons. The molecule has 0 spiro atoms. The molecule has 2 N–H and O–H groups in total. The summed E-state index contributed by atoms with van der Waals surface area (Å²) in [5.41, 5.74) is 0.608. The van der Waals surface area contributed by atoms with Crippen molar-refractivity contribution in [3.05, 3.63) is 34.9 Å². The highest BCUT2D eigenvalue weighted by atomic mass is 127. The summed E-state index contributed by atoms with van der Waals surface area (Å²) in [4.78, 5) is 21.3. The molecule has 2 heterocycles. The van der Waals surface area contributed by atoms with Crippen LogP contribution in [0.2, 0.25) is 5.02 Å². The Kier molecular flexibility index (Phi) is 9.76. The fraction of sp³-hybridized carbons (Fsp3) is 0.579. The number of likely N-dealkylation sites (tertiary alicyclic amines) is 1. The van der Waals surface area contributed by atoms with E-state index in [1.54, 1.807) is 31.3 Å². The molecule has 9 heteroatoms. The lowest BCUT2D eigenvalue weighted by molar-refractivity contribution is 0.0195. The Balaban J connectivity index is 0.00000280. The number of halogens is 2. The van der Waals surface area contributed by atoms with Crippen LogP contribution in [0.25, 0.3) is 0 Å². The number of ether oxygens (including phenoxy) is 1. The normalized spacial score (nSPS) is 20.6. The van der Waals surface area contributed by atoms with E-state index in [2.05, 4.69) is 25.4 Å². The Morgan fingerprint density at radius 2 is 1.86 bits per heavy atom. The van der Waals surface area contributed by atoms with E-state index in [9.17, 15) is 4.79 Å². The maximum absolute atomic E-state index is 12.1. The minimum atomic E-state index is -0.1000. The monoisotopic (exact) mass is 521 g/mol. The second-order valence-electron chi connectivity index (χ2n) is 6.77. The van der Waals surface area contributed by atoms with Gasteiger partial charge in [-0.1, -0.05) is 11.6 Å². The van der Waals surface area contributed by atoms with Gasteiger partial charge in [-0.05, 0) is 30.7 Å². The van der Waals surface area contributed by atoms with Gasteiger partial charge in [-0.15, -0.1) is 24.0 Å². The van der Waals surface area contributed by atoms with Gasteiger partial charge in [0.25, 0.3) is 5.91 Å². The minimum Gasteiger partial charge on any atom is -0.379 e. The fourth-order valence-electron chi connectivity index (χ4n) is 3.56. The van der Waals surface area contributed by atoms with Crippen LogP contribution in [0.3, 0.4) is 0 Å². The first-order valence-corrected chi connectivity index (χ1v) is 9.86. The fourth-order valence-corrected chi connectivity index (χ4v) is 3.69. The van der Waals surface area contributed by atoms with Crippen LogP contribution in [0, 0.1) is 0 Å². The third-order valence-electron chi connectivity index (χ3n) is 5.04. The van der Waals surface area contributed by atoms with Crippen LogP contribution in [0.4, 0.5) is 0 Å². The van der Waals surface area contributed by atoms with Gasteiger partial charge < -0.3 is 20.3 Å². The van der Waals surface area contributed by atoms with Crippen molar-refractivity contribution >= 4 is 47.4 Å². The molecule has 0 saturated carbocycles. The van der Waals surface area contributed by atoms with Crippen molar-refractivity contribution in [3.8, 4) is 0 Å². The minimum absolute atomic E-state index is 0. The summed E-state index contributed by atoms with van der Waals surface area (Å²) in [7, 11) is 1.80. The number of hydrogen-bond donors (Lipinski definition) is 2. The first-order chi connectivity index (χ1) is 13.2. The topological polar surface area (TPSA) is 69.2 Å². The number of carbonyl (C=O) groups excluding carboxylic acids is 1. The highest BCUT2D eigenvalue weighted by Crippen LogP contribution is 2.17. The predicted octanol–water partition coefficient (Wildman–Crippen LogP) is 1.67. The van der Waals surface area contributed by atoms with E-state index in [0.29, 0.717) is 29.7 Å². The number of hydrogen-bond acceptors (Lipinski definition) is 4. The number of rotatable bonds is 5. The Hall–Kier alpha value is -1.10. The van der Waals surface area contributed by atoms with Crippen molar-refractivity contribution in [2.24, 2.45) is 4.99 Å². The molecule has 156 valence electrons. The highest BCUT2D eigenvalue weighted by Gasteiger charge is 2.30. The van der Waals surface area contributed by atoms with Crippen molar-refractivity contribution in [1.82, 2.24) is 20.4 Å². The summed E-state index contributed by atoms with van der Waals surface area (Å²) in [6.45, 7) is 6.83. The molecule has 0 bridgehead atoms. The SMILES string of the molecule is CN=C(NCCNC(=O)c1ccc(Cl)cc1)N1CCC(N2CCOCC2)C1.I. The molecule has 0 aromatic heterocycles. The van der Waals surface area contributed by atoms with E-state index in [0.717, 1.165) is 51.8 Å². The third-order valence-corrected chi connectivity index (χ3v) is 5.29. The van der Waals surface area contributed by atoms with Gasteiger partial charge in [-0.25, -0.2) is 0 Å². The molecule has 2 saturated heterocycles. The van der Waals surface area contributed by atoms with E-state index in [1.807, 2.05) is 0 Å². The molecule has 1 atom stereocenters. The molecule has 1 amide bonds. The summed E-state index contributed by atoms with van der Waals surface area (Å²) in [6, 6.07) is 7.45. The predicted molar refractivity (Wildman–Crippen MR) is 123 cm³/mol. The van der Waals surface area contributed by atoms with Gasteiger partial charge in [0.2, 0.25) is 0 Å². The molecule has 1 aromatic rings. The molecule has 2 aliphatic rings. The number of aliphatic imine (C=N–C) groups is 1. The number of guanidine groups is 1. The van der Waals surface area contributed by atoms with Gasteiger partial charge in [0.15, 0.2) is 5.96 Å². The van der Waals surface area contributed by atoms with E-state index < -0.39 is 0 Å². The van der Waals surface area contributed by atoms with Gasteiger partial charge >= 0.3 is 0 Å². The van der Waals surface area contributed by atoms with Crippen LogP contribution in [0.15, 0.2) is 29.3 Å². The molecule has 2 fully saturated rings. The lowest BCUT2D eigenvalue weighted by Crippen LogP contribution is -2.47. The van der Waals surface area contributed by atoms with Gasteiger partial charge in [0.05, 0.1) is 13.2 Å². The lowest BCUT2D eigenvalue weighted by atomic mass is 10.2. The third kappa shape index (κ3) is 6.47. The number of amides is 1. The van der Waals surface area contributed by atoms with Crippen molar-refractivity contribution in [1.29, 1.82) is 0 Å². The van der Waals surface area contributed by atoms with E-state index in [4.69, 9.17) is 16.3 Å². The molecule has 2 aliphatic heterocycles. The van der Waals surface area contributed by atoms with Gasteiger partial charge in [-0.2, -0.15) is 0 Å². The Morgan fingerprint density at radius 1 is 1.18 bits per heavy atom. The van der Waals surface area contributed by atoms with E-state index in [-0.39, 0.29) is 29.9 Å². The Labute approximate surface area is 188 Å². The number of carbonyl (C=O) groups is 1. The number of morpholine rings is 1. The second kappa shape index (κ2) is 11.8. The number of nitrogens with zero attached hydrogens (tertiary/aromatic N) is 3. The first kappa shape index (κ1) is 23.2. The number of nitrogens with one attached hydrogen (secondary N) is 2. The summed E-state index contributed by atoms with van der Waals surface area (Å²) in [5.74, 6) is 0.795. The van der Waals surface area contributed by atoms with Crippen molar-refractivity contribution in [2.75, 3.05) is 59.5 Å².